The van der Waals surface area contributed by atoms with Crippen molar-refractivity contribution in [2.45, 2.75) is 52.3 Å². The summed E-state index contributed by atoms with van der Waals surface area (Å²) >= 11 is 1.74. The molecule has 0 aromatic carbocycles. The predicted octanol–water partition coefficient (Wildman–Crippen LogP) is 2.72. The van der Waals surface area contributed by atoms with Crippen molar-refractivity contribution in [2.24, 2.45) is 11.7 Å². The van der Waals surface area contributed by atoms with E-state index in [1.807, 2.05) is 13.8 Å². The van der Waals surface area contributed by atoms with E-state index in [1.54, 1.807) is 18.4 Å². The van der Waals surface area contributed by atoms with Crippen molar-refractivity contribution in [2.75, 3.05) is 20.2 Å². The zero-order valence-electron chi connectivity index (χ0n) is 13.1. The molecule has 2 rings (SSSR count). The lowest BCUT2D eigenvalue weighted by Gasteiger charge is -2.29. The molecule has 0 aliphatic carbocycles. The highest BCUT2D eigenvalue weighted by molar-refractivity contribution is 7.11. The van der Waals surface area contributed by atoms with E-state index in [0.29, 0.717) is 6.61 Å². The van der Waals surface area contributed by atoms with Gasteiger partial charge in [-0.15, -0.1) is 11.3 Å². The number of hydrogen-bond acceptors (Lipinski definition) is 5. The van der Waals surface area contributed by atoms with Crippen molar-refractivity contribution < 1.29 is 4.74 Å². The van der Waals surface area contributed by atoms with Gasteiger partial charge in [0.25, 0.3) is 0 Å². The Morgan fingerprint density at radius 2 is 2.05 bits per heavy atom. The van der Waals surface area contributed by atoms with Crippen LogP contribution in [0.5, 0.6) is 0 Å². The van der Waals surface area contributed by atoms with Crippen LogP contribution in [0.2, 0.25) is 0 Å². The zero-order chi connectivity index (χ0) is 14.8. The van der Waals surface area contributed by atoms with Crippen LogP contribution in [0.1, 0.15) is 49.2 Å². The van der Waals surface area contributed by atoms with Gasteiger partial charge < -0.3 is 10.5 Å². The van der Waals surface area contributed by atoms with Gasteiger partial charge in [0.1, 0.15) is 5.01 Å². The SMILES string of the molecule is COCc1nc(CN2CCC(C)CC2)sc1C(C)(C)N. The van der Waals surface area contributed by atoms with E-state index < -0.39 is 0 Å². The molecule has 1 saturated heterocycles. The van der Waals surface area contributed by atoms with Gasteiger partial charge >= 0.3 is 0 Å². The summed E-state index contributed by atoms with van der Waals surface area (Å²) < 4.78 is 5.26. The normalized spacial score (nSPS) is 18.6. The van der Waals surface area contributed by atoms with Crippen molar-refractivity contribution >= 4 is 11.3 Å². The second-order valence-electron chi connectivity index (χ2n) is 6.50. The molecule has 0 amide bonds. The Hall–Kier alpha value is -0.490. The van der Waals surface area contributed by atoms with Gasteiger partial charge in [0.15, 0.2) is 0 Å². The molecule has 5 heteroatoms. The maximum atomic E-state index is 6.25. The molecule has 1 aliphatic rings. The standard InChI is InChI=1S/C15H27N3OS/c1-11-5-7-18(8-6-11)9-13-17-12(10-19-4)14(20-13)15(2,3)16/h11H,5-10,16H2,1-4H3. The van der Waals surface area contributed by atoms with Crippen LogP contribution >= 0.6 is 11.3 Å². The summed E-state index contributed by atoms with van der Waals surface area (Å²) in [5.41, 5.74) is 6.91. The van der Waals surface area contributed by atoms with Crippen LogP contribution in [0, 0.1) is 5.92 Å². The van der Waals surface area contributed by atoms with E-state index in [0.717, 1.165) is 23.0 Å². The van der Waals surface area contributed by atoms with Crippen molar-refractivity contribution in [3.05, 3.63) is 15.6 Å². The molecule has 0 bridgehead atoms. The lowest BCUT2D eigenvalue weighted by molar-refractivity contribution is 0.177. The maximum absolute atomic E-state index is 6.25. The summed E-state index contributed by atoms with van der Waals surface area (Å²) in [6.45, 7) is 10.3. The summed E-state index contributed by atoms with van der Waals surface area (Å²) in [5, 5.41) is 1.17. The average Bonchev–Trinajstić information content (AvgIpc) is 2.75. The molecule has 1 aromatic rings. The molecule has 0 radical (unpaired) electrons. The minimum atomic E-state index is -0.347. The van der Waals surface area contributed by atoms with Gasteiger partial charge in [0.05, 0.1) is 18.8 Å². The Bertz CT molecular complexity index is 431. The Morgan fingerprint density at radius 3 is 2.60 bits per heavy atom. The van der Waals surface area contributed by atoms with E-state index in [2.05, 4.69) is 11.8 Å². The number of rotatable bonds is 5. The molecule has 1 fully saturated rings. The van der Waals surface area contributed by atoms with Crippen LogP contribution in [0.3, 0.4) is 0 Å². The Kier molecular flexibility index (Phi) is 5.18. The predicted molar refractivity (Wildman–Crippen MR) is 83.7 cm³/mol. The smallest absolute Gasteiger partial charge is 0.107 e. The fraction of sp³-hybridized carbons (Fsp3) is 0.800. The summed E-state index contributed by atoms with van der Waals surface area (Å²) in [5.74, 6) is 0.866. The summed E-state index contributed by atoms with van der Waals surface area (Å²) in [7, 11) is 1.71. The molecule has 2 N–H and O–H groups in total. The number of nitrogens with zero attached hydrogens (tertiary/aromatic N) is 2. The van der Waals surface area contributed by atoms with Crippen molar-refractivity contribution in [1.82, 2.24) is 9.88 Å². The molecular formula is C15H27N3OS. The van der Waals surface area contributed by atoms with Crippen molar-refractivity contribution in [3.8, 4) is 0 Å². The van der Waals surface area contributed by atoms with E-state index in [1.165, 1.54) is 30.9 Å². The monoisotopic (exact) mass is 297 g/mol. The number of ether oxygens (including phenoxy) is 1. The number of aromatic nitrogens is 1. The Morgan fingerprint density at radius 1 is 1.40 bits per heavy atom. The van der Waals surface area contributed by atoms with E-state index in [9.17, 15) is 0 Å². The molecule has 1 aromatic heterocycles. The van der Waals surface area contributed by atoms with Crippen LogP contribution in [0.4, 0.5) is 0 Å². The number of methoxy groups -OCH3 is 1. The van der Waals surface area contributed by atoms with Crippen molar-refractivity contribution in [1.29, 1.82) is 0 Å². The highest BCUT2D eigenvalue weighted by atomic mass is 32.1. The van der Waals surface area contributed by atoms with Gasteiger partial charge in [-0.25, -0.2) is 4.98 Å². The number of thiazole rings is 1. The largest absolute Gasteiger partial charge is 0.378 e. The molecular weight excluding hydrogens is 270 g/mol. The van der Waals surface area contributed by atoms with Crippen LogP contribution < -0.4 is 5.73 Å². The van der Waals surface area contributed by atoms with Gasteiger partial charge in [-0.3, -0.25) is 4.90 Å². The molecule has 20 heavy (non-hydrogen) atoms. The minimum absolute atomic E-state index is 0.347. The van der Waals surface area contributed by atoms with E-state index in [-0.39, 0.29) is 5.54 Å². The summed E-state index contributed by atoms with van der Waals surface area (Å²) in [4.78, 5) is 8.41. The average molecular weight is 297 g/mol. The summed E-state index contributed by atoms with van der Waals surface area (Å²) in [6.07, 6.45) is 2.59. The first-order chi connectivity index (χ1) is 9.40. The zero-order valence-corrected chi connectivity index (χ0v) is 13.9. The lowest BCUT2D eigenvalue weighted by atomic mass is 9.99. The lowest BCUT2D eigenvalue weighted by Crippen LogP contribution is -2.32. The number of likely N-dealkylation sites (tertiary alicyclic amines) is 1. The number of piperidine rings is 1. The van der Waals surface area contributed by atoms with E-state index >= 15 is 0 Å². The van der Waals surface area contributed by atoms with Crippen LogP contribution in [0.15, 0.2) is 0 Å². The second kappa shape index (κ2) is 6.52. The van der Waals surface area contributed by atoms with Gasteiger partial charge in [-0.1, -0.05) is 6.92 Å². The molecule has 2 heterocycles. The summed E-state index contributed by atoms with van der Waals surface area (Å²) in [6, 6.07) is 0. The third-order valence-corrected chi connectivity index (χ3v) is 5.26. The fourth-order valence-corrected chi connectivity index (χ4v) is 3.74. The van der Waals surface area contributed by atoms with Gasteiger partial charge in [0.2, 0.25) is 0 Å². The molecule has 0 unspecified atom stereocenters. The molecule has 114 valence electrons. The number of hydrogen-bond donors (Lipinski definition) is 1. The van der Waals surface area contributed by atoms with Gasteiger partial charge in [-0.05, 0) is 45.7 Å². The molecule has 0 spiro atoms. The highest BCUT2D eigenvalue weighted by Gasteiger charge is 2.24. The number of nitrogens with two attached hydrogens (primary N) is 1. The van der Waals surface area contributed by atoms with Crippen LogP contribution in [-0.4, -0.2) is 30.1 Å². The third kappa shape index (κ3) is 4.01. The first-order valence-corrected chi connectivity index (χ1v) is 8.21. The Balaban J connectivity index is 2.08. The molecule has 1 aliphatic heterocycles. The first kappa shape index (κ1) is 15.9. The first-order valence-electron chi connectivity index (χ1n) is 7.39. The molecule has 0 saturated carbocycles. The molecule has 4 nitrogen and oxygen atoms in total. The van der Waals surface area contributed by atoms with Gasteiger partial charge in [0, 0.05) is 17.5 Å². The third-order valence-electron chi connectivity index (χ3n) is 3.84. The van der Waals surface area contributed by atoms with Crippen molar-refractivity contribution in [3.63, 3.8) is 0 Å². The highest BCUT2D eigenvalue weighted by Crippen LogP contribution is 2.30. The van der Waals surface area contributed by atoms with Crippen LogP contribution in [0.25, 0.3) is 0 Å². The molecule has 0 atom stereocenters. The van der Waals surface area contributed by atoms with E-state index in [4.69, 9.17) is 15.5 Å². The van der Waals surface area contributed by atoms with Crippen LogP contribution in [-0.2, 0) is 23.4 Å². The topological polar surface area (TPSA) is 51.4 Å². The Labute approximate surface area is 126 Å². The maximum Gasteiger partial charge on any atom is 0.107 e. The second-order valence-corrected chi connectivity index (χ2v) is 7.58. The minimum Gasteiger partial charge on any atom is -0.378 e. The fourth-order valence-electron chi connectivity index (χ4n) is 2.62. The van der Waals surface area contributed by atoms with Gasteiger partial charge in [-0.2, -0.15) is 0 Å². The quantitative estimate of drug-likeness (QED) is 0.908.